The summed E-state index contributed by atoms with van der Waals surface area (Å²) < 4.78 is 5.02. The Labute approximate surface area is 174 Å². The van der Waals surface area contributed by atoms with Gasteiger partial charge in [0, 0.05) is 17.8 Å². The molecule has 0 atom stereocenters. The van der Waals surface area contributed by atoms with Crippen LogP contribution in [0.15, 0.2) is 36.4 Å². The van der Waals surface area contributed by atoms with Gasteiger partial charge < -0.3 is 10.1 Å². The van der Waals surface area contributed by atoms with Crippen LogP contribution in [0.2, 0.25) is 5.02 Å². The average Bonchev–Trinajstić information content (AvgIpc) is 2.66. The van der Waals surface area contributed by atoms with Gasteiger partial charge in [-0.25, -0.2) is 4.79 Å². The molecule has 8 heteroatoms. The smallest absolute Gasteiger partial charge is 0.340 e. The third-order valence-electron chi connectivity index (χ3n) is 4.35. The number of nitro benzene ring substituents is 1. The molecule has 1 N–H and O–H groups in total. The Bertz CT molecular complexity index is 914. The van der Waals surface area contributed by atoms with Crippen LogP contribution in [0.25, 0.3) is 0 Å². The molecule has 2 aromatic carbocycles. The van der Waals surface area contributed by atoms with Gasteiger partial charge in [-0.1, -0.05) is 57.5 Å². The molecule has 0 spiro atoms. The van der Waals surface area contributed by atoms with E-state index in [9.17, 15) is 19.7 Å². The molecule has 0 saturated heterocycles. The van der Waals surface area contributed by atoms with Gasteiger partial charge in [0.1, 0.15) is 0 Å². The zero-order valence-corrected chi connectivity index (χ0v) is 17.4. The number of esters is 1. The number of non-ortho nitro benzene ring substituents is 1. The van der Waals surface area contributed by atoms with Crippen LogP contribution >= 0.6 is 11.6 Å². The van der Waals surface area contributed by atoms with Gasteiger partial charge in [0.05, 0.1) is 15.5 Å². The van der Waals surface area contributed by atoms with Crippen molar-refractivity contribution in [3.8, 4) is 0 Å². The Morgan fingerprint density at radius 1 is 1.10 bits per heavy atom. The minimum atomic E-state index is -0.907. The molecule has 154 valence electrons. The summed E-state index contributed by atoms with van der Waals surface area (Å²) in [5.41, 5.74) is 2.22. The predicted octanol–water partition coefficient (Wildman–Crippen LogP) is 5.29. The highest BCUT2D eigenvalue weighted by molar-refractivity contribution is 6.33. The summed E-state index contributed by atoms with van der Waals surface area (Å²) in [5, 5.41) is 13.7. The fourth-order valence-corrected chi connectivity index (χ4v) is 3.06. The van der Waals surface area contributed by atoms with E-state index in [0.717, 1.165) is 17.2 Å². The van der Waals surface area contributed by atoms with E-state index < -0.39 is 23.4 Å². The number of hydrogen-bond donors (Lipinski definition) is 1. The predicted molar refractivity (Wildman–Crippen MR) is 112 cm³/mol. The highest BCUT2D eigenvalue weighted by Gasteiger charge is 2.20. The van der Waals surface area contributed by atoms with E-state index >= 15 is 0 Å². The first kappa shape index (κ1) is 22.4. The summed E-state index contributed by atoms with van der Waals surface area (Å²) in [4.78, 5) is 34.9. The Kier molecular flexibility index (Phi) is 7.34. The van der Waals surface area contributed by atoms with Crippen molar-refractivity contribution in [2.75, 3.05) is 11.9 Å². The molecule has 0 radical (unpaired) electrons. The molecule has 0 aromatic heterocycles. The number of amides is 1. The summed E-state index contributed by atoms with van der Waals surface area (Å²) >= 11 is 5.93. The van der Waals surface area contributed by atoms with E-state index in [1.165, 1.54) is 12.1 Å². The Morgan fingerprint density at radius 2 is 1.69 bits per heavy atom. The van der Waals surface area contributed by atoms with Crippen molar-refractivity contribution < 1.29 is 19.2 Å². The number of carbonyl (C=O) groups excluding carboxylic acids is 2. The average molecular weight is 419 g/mol. The van der Waals surface area contributed by atoms with Crippen LogP contribution < -0.4 is 5.32 Å². The number of rotatable bonds is 7. The Hall–Kier alpha value is -2.93. The maximum Gasteiger partial charge on any atom is 0.340 e. The lowest BCUT2D eigenvalue weighted by Gasteiger charge is -2.20. The largest absolute Gasteiger partial charge is 0.452 e. The number of nitrogens with zero attached hydrogens (tertiary/aromatic N) is 1. The van der Waals surface area contributed by atoms with Crippen molar-refractivity contribution in [1.29, 1.82) is 0 Å². The number of carbonyl (C=O) groups is 2. The number of anilines is 1. The second-order valence-corrected chi connectivity index (χ2v) is 7.57. The first-order valence-electron chi connectivity index (χ1n) is 9.15. The van der Waals surface area contributed by atoms with Crippen LogP contribution in [-0.4, -0.2) is 23.4 Å². The Morgan fingerprint density at radius 3 is 2.21 bits per heavy atom. The van der Waals surface area contributed by atoms with Gasteiger partial charge >= 0.3 is 5.97 Å². The number of nitrogens with one attached hydrogen (secondary N) is 1. The number of ether oxygens (including phenoxy) is 1. The summed E-state index contributed by atoms with van der Waals surface area (Å²) in [6.07, 6.45) is 0. The van der Waals surface area contributed by atoms with Gasteiger partial charge in [-0.2, -0.15) is 0 Å². The molecule has 7 nitrogen and oxygen atoms in total. The van der Waals surface area contributed by atoms with Gasteiger partial charge in [-0.05, 0) is 29.0 Å². The molecule has 29 heavy (non-hydrogen) atoms. The lowest BCUT2D eigenvalue weighted by molar-refractivity contribution is -0.384. The quantitative estimate of drug-likeness (QED) is 0.374. The van der Waals surface area contributed by atoms with Crippen LogP contribution in [0.3, 0.4) is 0 Å². The molecule has 0 bridgehead atoms. The number of nitro groups is 1. The minimum Gasteiger partial charge on any atom is -0.452 e. The van der Waals surface area contributed by atoms with Crippen LogP contribution in [0.4, 0.5) is 11.4 Å². The molecule has 0 unspecified atom stereocenters. The molecule has 0 saturated carbocycles. The van der Waals surface area contributed by atoms with Crippen LogP contribution in [-0.2, 0) is 9.53 Å². The first-order valence-corrected chi connectivity index (χ1v) is 9.53. The van der Waals surface area contributed by atoms with E-state index in [1.54, 1.807) is 0 Å². The highest BCUT2D eigenvalue weighted by atomic mass is 35.5. The van der Waals surface area contributed by atoms with E-state index in [1.807, 2.05) is 45.9 Å². The lowest BCUT2D eigenvalue weighted by atomic mass is 9.92. The van der Waals surface area contributed by atoms with Crippen molar-refractivity contribution in [1.82, 2.24) is 0 Å². The van der Waals surface area contributed by atoms with Crippen molar-refractivity contribution in [3.63, 3.8) is 0 Å². The molecule has 0 aliphatic carbocycles. The van der Waals surface area contributed by atoms with Gasteiger partial charge in [-0.15, -0.1) is 0 Å². The third kappa shape index (κ3) is 5.54. The number of benzene rings is 2. The summed E-state index contributed by atoms with van der Waals surface area (Å²) in [5.74, 6) is -1.03. The Balaban J connectivity index is 2.14. The molecule has 2 aromatic rings. The summed E-state index contributed by atoms with van der Waals surface area (Å²) in [7, 11) is 0. The molecular weight excluding hydrogens is 396 g/mol. The van der Waals surface area contributed by atoms with Gasteiger partial charge in [0.15, 0.2) is 6.61 Å². The molecule has 0 fully saturated rings. The fraction of sp³-hybridized carbons (Fsp3) is 0.333. The molecule has 0 aliphatic rings. The van der Waals surface area contributed by atoms with Crippen LogP contribution in [0.5, 0.6) is 0 Å². The van der Waals surface area contributed by atoms with Crippen LogP contribution in [0.1, 0.15) is 61.0 Å². The van der Waals surface area contributed by atoms with Gasteiger partial charge in [0.25, 0.3) is 11.6 Å². The lowest BCUT2D eigenvalue weighted by Crippen LogP contribution is -2.23. The van der Waals surface area contributed by atoms with Crippen LogP contribution in [0, 0.1) is 10.1 Å². The second-order valence-electron chi connectivity index (χ2n) is 7.17. The zero-order valence-electron chi connectivity index (χ0n) is 16.7. The fourth-order valence-electron chi connectivity index (χ4n) is 2.86. The summed E-state index contributed by atoms with van der Waals surface area (Å²) in [6.45, 7) is 7.57. The maximum atomic E-state index is 12.4. The number of halogens is 1. The van der Waals surface area contributed by atoms with Crippen molar-refractivity contribution >= 4 is 34.9 Å². The zero-order chi connectivity index (χ0) is 21.7. The molecule has 0 heterocycles. The standard InChI is InChI=1S/C21H23ClN2O5/c1-12(2)15-6-5-7-16(13(3)4)20(15)23-19(25)11-29-21(26)17-10-14(24(27)28)8-9-18(17)22/h5-10,12-13H,11H2,1-4H3,(H,23,25). The third-order valence-corrected chi connectivity index (χ3v) is 4.68. The van der Waals surface area contributed by atoms with E-state index in [2.05, 4.69) is 5.32 Å². The van der Waals surface area contributed by atoms with E-state index in [-0.39, 0.29) is 28.1 Å². The minimum absolute atomic E-state index is 0.00764. The molecule has 1 amide bonds. The molecule has 0 aliphatic heterocycles. The molecule has 2 rings (SSSR count). The maximum absolute atomic E-state index is 12.4. The summed E-state index contributed by atoms with van der Waals surface area (Å²) in [6, 6.07) is 9.28. The first-order chi connectivity index (χ1) is 13.6. The monoisotopic (exact) mass is 418 g/mol. The highest BCUT2D eigenvalue weighted by Crippen LogP contribution is 2.32. The molecular formula is C21H23ClN2O5. The normalized spacial score (nSPS) is 10.9. The SMILES string of the molecule is CC(C)c1cccc(C(C)C)c1NC(=O)COC(=O)c1cc([N+](=O)[O-])ccc1Cl. The van der Waals surface area contributed by atoms with Gasteiger partial charge in [-0.3, -0.25) is 14.9 Å². The topological polar surface area (TPSA) is 98.5 Å². The second kappa shape index (κ2) is 9.52. The van der Waals surface area contributed by atoms with Crippen molar-refractivity contribution in [3.05, 3.63) is 68.2 Å². The van der Waals surface area contributed by atoms with Crippen molar-refractivity contribution in [2.45, 2.75) is 39.5 Å². The number of para-hydroxylation sites is 1. The number of hydrogen-bond acceptors (Lipinski definition) is 5. The van der Waals surface area contributed by atoms with E-state index in [0.29, 0.717) is 5.69 Å². The van der Waals surface area contributed by atoms with Gasteiger partial charge in [0.2, 0.25) is 0 Å². The van der Waals surface area contributed by atoms with Crippen molar-refractivity contribution in [2.24, 2.45) is 0 Å². The van der Waals surface area contributed by atoms with E-state index in [4.69, 9.17) is 16.3 Å².